The summed E-state index contributed by atoms with van der Waals surface area (Å²) in [6.45, 7) is 4.64. The van der Waals surface area contributed by atoms with E-state index in [0.717, 1.165) is 49.4 Å². The quantitative estimate of drug-likeness (QED) is 0.609. The van der Waals surface area contributed by atoms with E-state index in [1.165, 1.54) is 11.1 Å². The third kappa shape index (κ3) is 6.77. The second-order valence-electron chi connectivity index (χ2n) is 6.22. The zero-order valence-electron chi connectivity index (χ0n) is 15.3. The molecule has 2 rings (SSSR count). The molecule has 0 atom stereocenters. The van der Waals surface area contributed by atoms with Crippen molar-refractivity contribution in [3.8, 4) is 11.5 Å². The second kappa shape index (κ2) is 10.7. The van der Waals surface area contributed by atoms with Crippen LogP contribution < -0.4 is 14.8 Å². The highest BCUT2D eigenvalue weighted by atomic mass is 16.5. The molecular weight excluding hydrogens is 314 g/mol. The van der Waals surface area contributed by atoms with Gasteiger partial charge in [0.05, 0.1) is 7.11 Å². The molecule has 2 N–H and O–H groups in total. The van der Waals surface area contributed by atoms with Crippen molar-refractivity contribution in [1.29, 1.82) is 0 Å². The highest BCUT2D eigenvalue weighted by Crippen LogP contribution is 2.29. The van der Waals surface area contributed by atoms with Crippen LogP contribution in [-0.2, 0) is 13.2 Å². The Morgan fingerprint density at radius 1 is 0.960 bits per heavy atom. The first-order valence-corrected chi connectivity index (χ1v) is 8.90. The molecule has 4 heteroatoms. The lowest BCUT2D eigenvalue weighted by Crippen LogP contribution is -2.14. The minimum Gasteiger partial charge on any atom is -0.493 e. The minimum absolute atomic E-state index is 0.279. The number of rotatable bonds is 11. The number of aryl methyl sites for hydroxylation is 1. The number of methoxy groups -OCH3 is 1. The Morgan fingerprint density at radius 2 is 1.84 bits per heavy atom. The van der Waals surface area contributed by atoms with Gasteiger partial charge in [0.25, 0.3) is 0 Å². The maximum absolute atomic E-state index is 8.77. The highest BCUT2D eigenvalue weighted by molar-refractivity contribution is 5.43. The van der Waals surface area contributed by atoms with E-state index in [4.69, 9.17) is 14.6 Å². The van der Waals surface area contributed by atoms with Crippen molar-refractivity contribution < 1.29 is 14.6 Å². The second-order valence-corrected chi connectivity index (χ2v) is 6.22. The fraction of sp³-hybridized carbons (Fsp3) is 0.429. The monoisotopic (exact) mass is 343 g/mol. The molecule has 0 heterocycles. The van der Waals surface area contributed by atoms with Crippen LogP contribution in [-0.4, -0.2) is 25.4 Å². The molecule has 0 bridgehead atoms. The van der Waals surface area contributed by atoms with Crippen LogP contribution in [0.1, 0.15) is 36.0 Å². The summed E-state index contributed by atoms with van der Waals surface area (Å²) in [5, 5.41) is 12.2. The van der Waals surface area contributed by atoms with Crippen molar-refractivity contribution in [3.05, 3.63) is 59.2 Å². The fourth-order valence-corrected chi connectivity index (χ4v) is 2.68. The van der Waals surface area contributed by atoms with Crippen molar-refractivity contribution in [1.82, 2.24) is 5.32 Å². The first kappa shape index (κ1) is 19.3. The summed E-state index contributed by atoms with van der Waals surface area (Å²) in [5.41, 5.74) is 3.55. The van der Waals surface area contributed by atoms with Crippen molar-refractivity contribution in [3.63, 3.8) is 0 Å². The molecule has 0 saturated heterocycles. The Bertz CT molecular complexity index is 643. The number of aliphatic hydroxyl groups is 1. The molecular formula is C21H29NO3. The number of ether oxygens (including phenoxy) is 2. The summed E-state index contributed by atoms with van der Waals surface area (Å²) in [7, 11) is 1.67. The van der Waals surface area contributed by atoms with E-state index in [-0.39, 0.29) is 6.61 Å². The van der Waals surface area contributed by atoms with Crippen LogP contribution in [0.5, 0.6) is 11.5 Å². The van der Waals surface area contributed by atoms with Gasteiger partial charge in [0.15, 0.2) is 11.5 Å². The zero-order chi connectivity index (χ0) is 17.9. The molecule has 0 unspecified atom stereocenters. The van der Waals surface area contributed by atoms with Gasteiger partial charge in [0.1, 0.15) is 6.61 Å². The standard InChI is InChI=1S/C21H29NO3/c1-17-7-6-8-19(13-17)16-25-20-10-9-18(14-21(20)24-2)15-22-11-4-3-5-12-23/h6-10,13-14,22-23H,3-5,11-12,15-16H2,1-2H3. The van der Waals surface area contributed by atoms with Crippen LogP contribution >= 0.6 is 0 Å². The Kier molecular flexibility index (Phi) is 8.29. The molecule has 0 radical (unpaired) electrons. The average Bonchev–Trinajstić information content (AvgIpc) is 2.63. The number of unbranched alkanes of at least 4 members (excludes halogenated alkanes) is 2. The Hall–Kier alpha value is -2.04. The average molecular weight is 343 g/mol. The summed E-state index contributed by atoms with van der Waals surface area (Å²) in [4.78, 5) is 0. The molecule has 0 aromatic heterocycles. The SMILES string of the molecule is COc1cc(CNCCCCCO)ccc1OCc1cccc(C)c1. The lowest BCUT2D eigenvalue weighted by atomic mass is 10.1. The molecule has 2 aromatic carbocycles. The van der Waals surface area contributed by atoms with Crippen LogP contribution in [0.3, 0.4) is 0 Å². The Labute approximate surface area is 150 Å². The number of hydrogen-bond acceptors (Lipinski definition) is 4. The molecule has 0 saturated carbocycles. The first-order chi connectivity index (χ1) is 12.2. The topological polar surface area (TPSA) is 50.7 Å². The van der Waals surface area contributed by atoms with Crippen molar-refractivity contribution in [2.75, 3.05) is 20.3 Å². The minimum atomic E-state index is 0.279. The summed E-state index contributed by atoms with van der Waals surface area (Å²) >= 11 is 0. The van der Waals surface area contributed by atoms with Gasteiger partial charge in [-0.15, -0.1) is 0 Å². The van der Waals surface area contributed by atoms with Crippen LogP contribution in [0.4, 0.5) is 0 Å². The van der Waals surface area contributed by atoms with Gasteiger partial charge in [-0.25, -0.2) is 0 Å². The van der Waals surface area contributed by atoms with Gasteiger partial charge in [-0.3, -0.25) is 0 Å². The maximum atomic E-state index is 8.77. The van der Waals surface area contributed by atoms with Crippen molar-refractivity contribution in [2.45, 2.75) is 39.3 Å². The molecule has 0 aliphatic carbocycles. The number of nitrogens with one attached hydrogen (secondary N) is 1. The lowest BCUT2D eigenvalue weighted by Gasteiger charge is -2.13. The summed E-state index contributed by atoms with van der Waals surface area (Å²) in [6, 6.07) is 14.4. The molecule has 4 nitrogen and oxygen atoms in total. The van der Waals surface area contributed by atoms with Gasteiger partial charge in [-0.05, 0) is 56.0 Å². The predicted molar refractivity (Wildman–Crippen MR) is 101 cm³/mol. The maximum Gasteiger partial charge on any atom is 0.161 e. The van der Waals surface area contributed by atoms with Gasteiger partial charge in [-0.2, -0.15) is 0 Å². The van der Waals surface area contributed by atoms with Crippen LogP contribution in [0.15, 0.2) is 42.5 Å². The largest absolute Gasteiger partial charge is 0.493 e. The summed E-state index contributed by atoms with van der Waals surface area (Å²) in [6.07, 6.45) is 3.01. The van der Waals surface area contributed by atoms with Gasteiger partial charge in [0.2, 0.25) is 0 Å². The lowest BCUT2D eigenvalue weighted by molar-refractivity contribution is 0.282. The van der Waals surface area contributed by atoms with E-state index in [9.17, 15) is 0 Å². The molecule has 2 aromatic rings. The molecule has 136 valence electrons. The molecule has 0 aliphatic rings. The first-order valence-electron chi connectivity index (χ1n) is 8.90. The molecule has 0 fully saturated rings. The van der Waals surface area contributed by atoms with E-state index >= 15 is 0 Å². The molecule has 0 amide bonds. The summed E-state index contributed by atoms with van der Waals surface area (Å²) < 4.78 is 11.4. The third-order valence-electron chi connectivity index (χ3n) is 4.05. The van der Waals surface area contributed by atoms with Crippen molar-refractivity contribution in [2.24, 2.45) is 0 Å². The van der Waals surface area contributed by atoms with Gasteiger partial charge in [-0.1, -0.05) is 35.9 Å². The number of hydrogen-bond donors (Lipinski definition) is 2. The van der Waals surface area contributed by atoms with Crippen LogP contribution in [0.2, 0.25) is 0 Å². The third-order valence-corrected chi connectivity index (χ3v) is 4.05. The van der Waals surface area contributed by atoms with E-state index in [0.29, 0.717) is 6.61 Å². The van der Waals surface area contributed by atoms with Gasteiger partial charge < -0.3 is 19.9 Å². The fourth-order valence-electron chi connectivity index (χ4n) is 2.68. The molecule has 25 heavy (non-hydrogen) atoms. The smallest absolute Gasteiger partial charge is 0.161 e. The molecule has 0 aliphatic heterocycles. The zero-order valence-corrected chi connectivity index (χ0v) is 15.3. The number of benzene rings is 2. The summed E-state index contributed by atoms with van der Waals surface area (Å²) in [5.74, 6) is 1.52. The van der Waals surface area contributed by atoms with E-state index in [2.05, 4.69) is 36.5 Å². The predicted octanol–water partition coefficient (Wildman–Crippen LogP) is 3.83. The van der Waals surface area contributed by atoms with E-state index < -0.39 is 0 Å². The number of aliphatic hydroxyl groups excluding tert-OH is 1. The van der Waals surface area contributed by atoms with Gasteiger partial charge in [0, 0.05) is 13.2 Å². The van der Waals surface area contributed by atoms with E-state index in [1.54, 1.807) is 7.11 Å². The Balaban J connectivity index is 1.85. The highest BCUT2D eigenvalue weighted by Gasteiger charge is 2.06. The van der Waals surface area contributed by atoms with E-state index in [1.807, 2.05) is 18.2 Å². The normalized spacial score (nSPS) is 10.7. The van der Waals surface area contributed by atoms with Gasteiger partial charge >= 0.3 is 0 Å². The van der Waals surface area contributed by atoms with Crippen LogP contribution in [0.25, 0.3) is 0 Å². The Morgan fingerprint density at radius 3 is 2.60 bits per heavy atom. The van der Waals surface area contributed by atoms with Crippen molar-refractivity contribution >= 4 is 0 Å². The molecule has 0 spiro atoms. The van der Waals surface area contributed by atoms with Crippen LogP contribution in [0, 0.1) is 6.92 Å².